The maximum absolute atomic E-state index is 12.4. The predicted octanol–water partition coefficient (Wildman–Crippen LogP) is 3.87. The monoisotopic (exact) mass is 298 g/mol. The Bertz CT molecular complexity index is 778. The standard InChI is InChI=1S/C16H14N2O2S/c1-10-6-5-7-11(14(10)20-2)15(19)18-16-17-12-8-3-4-9-13(12)21-16/h3-9H,1-2H3,(H,17,18,19). The number of benzene rings is 2. The van der Waals surface area contributed by atoms with E-state index in [2.05, 4.69) is 10.3 Å². The predicted molar refractivity (Wildman–Crippen MR) is 85.3 cm³/mol. The van der Waals surface area contributed by atoms with Crippen molar-refractivity contribution in [1.82, 2.24) is 4.98 Å². The third-order valence-corrected chi connectivity index (χ3v) is 4.13. The fourth-order valence-electron chi connectivity index (χ4n) is 2.19. The van der Waals surface area contributed by atoms with Gasteiger partial charge < -0.3 is 4.74 Å². The second-order valence-corrected chi connectivity index (χ2v) is 5.63. The van der Waals surface area contributed by atoms with Crippen LogP contribution in [0.15, 0.2) is 42.5 Å². The van der Waals surface area contributed by atoms with E-state index in [1.165, 1.54) is 11.3 Å². The molecule has 106 valence electrons. The van der Waals surface area contributed by atoms with Crippen molar-refractivity contribution in [3.8, 4) is 5.75 Å². The van der Waals surface area contributed by atoms with Crippen molar-refractivity contribution in [3.05, 3.63) is 53.6 Å². The van der Waals surface area contributed by atoms with Gasteiger partial charge in [0.25, 0.3) is 5.91 Å². The zero-order chi connectivity index (χ0) is 14.8. The molecule has 0 aliphatic rings. The van der Waals surface area contributed by atoms with Crippen LogP contribution in [0.4, 0.5) is 5.13 Å². The van der Waals surface area contributed by atoms with Gasteiger partial charge in [0.1, 0.15) is 5.75 Å². The van der Waals surface area contributed by atoms with Crippen LogP contribution in [0.1, 0.15) is 15.9 Å². The molecule has 0 aliphatic heterocycles. The van der Waals surface area contributed by atoms with Gasteiger partial charge in [-0.1, -0.05) is 35.6 Å². The fraction of sp³-hybridized carbons (Fsp3) is 0.125. The lowest BCUT2D eigenvalue weighted by atomic mass is 10.1. The smallest absolute Gasteiger partial charge is 0.261 e. The molecule has 1 N–H and O–H groups in total. The molecular formula is C16H14N2O2S. The number of para-hydroxylation sites is 2. The van der Waals surface area contributed by atoms with E-state index in [4.69, 9.17) is 4.74 Å². The lowest BCUT2D eigenvalue weighted by Crippen LogP contribution is -2.13. The largest absolute Gasteiger partial charge is 0.496 e. The summed E-state index contributed by atoms with van der Waals surface area (Å²) >= 11 is 1.45. The molecule has 0 unspecified atom stereocenters. The van der Waals surface area contributed by atoms with Crippen LogP contribution in [0, 0.1) is 6.92 Å². The second-order valence-electron chi connectivity index (χ2n) is 4.60. The number of aromatic nitrogens is 1. The number of thiazole rings is 1. The van der Waals surface area contributed by atoms with Crippen LogP contribution in [0.25, 0.3) is 10.2 Å². The van der Waals surface area contributed by atoms with Gasteiger partial charge >= 0.3 is 0 Å². The van der Waals surface area contributed by atoms with Gasteiger partial charge in [-0.25, -0.2) is 4.98 Å². The van der Waals surface area contributed by atoms with E-state index in [0.29, 0.717) is 16.4 Å². The third kappa shape index (κ3) is 2.60. The number of nitrogens with one attached hydrogen (secondary N) is 1. The highest BCUT2D eigenvalue weighted by molar-refractivity contribution is 7.22. The molecular weight excluding hydrogens is 284 g/mol. The summed E-state index contributed by atoms with van der Waals surface area (Å²) in [5.41, 5.74) is 2.32. The lowest BCUT2D eigenvalue weighted by molar-refractivity contribution is 0.102. The molecule has 5 heteroatoms. The van der Waals surface area contributed by atoms with Gasteiger partial charge in [-0.05, 0) is 30.7 Å². The van der Waals surface area contributed by atoms with Gasteiger partial charge in [-0.15, -0.1) is 0 Å². The Morgan fingerprint density at radius 1 is 1.19 bits per heavy atom. The molecule has 0 saturated heterocycles. The van der Waals surface area contributed by atoms with Crippen LogP contribution < -0.4 is 10.1 Å². The number of ether oxygens (including phenoxy) is 1. The first-order valence-corrected chi connectivity index (χ1v) is 7.31. The Balaban J connectivity index is 1.91. The summed E-state index contributed by atoms with van der Waals surface area (Å²) in [6, 6.07) is 13.3. The number of nitrogens with zero attached hydrogens (tertiary/aromatic N) is 1. The highest BCUT2D eigenvalue weighted by atomic mass is 32.1. The Hall–Kier alpha value is -2.40. The number of anilines is 1. The first-order valence-electron chi connectivity index (χ1n) is 6.49. The zero-order valence-corrected chi connectivity index (χ0v) is 12.5. The van der Waals surface area contributed by atoms with E-state index in [-0.39, 0.29) is 5.91 Å². The molecule has 0 spiro atoms. The Morgan fingerprint density at radius 2 is 2.00 bits per heavy atom. The summed E-state index contributed by atoms with van der Waals surface area (Å²) < 4.78 is 6.36. The van der Waals surface area contributed by atoms with Gasteiger partial charge in [0.2, 0.25) is 0 Å². The van der Waals surface area contributed by atoms with E-state index >= 15 is 0 Å². The van der Waals surface area contributed by atoms with E-state index < -0.39 is 0 Å². The van der Waals surface area contributed by atoms with Crippen molar-refractivity contribution >= 4 is 32.6 Å². The molecule has 0 fully saturated rings. The average molecular weight is 298 g/mol. The molecule has 1 aromatic heterocycles. The molecule has 4 nitrogen and oxygen atoms in total. The number of fused-ring (bicyclic) bond motifs is 1. The van der Waals surface area contributed by atoms with Crippen molar-refractivity contribution in [2.75, 3.05) is 12.4 Å². The van der Waals surface area contributed by atoms with Crippen molar-refractivity contribution in [2.45, 2.75) is 6.92 Å². The molecule has 1 amide bonds. The van der Waals surface area contributed by atoms with Crippen LogP contribution in [0.5, 0.6) is 5.75 Å². The highest BCUT2D eigenvalue weighted by Gasteiger charge is 2.15. The zero-order valence-electron chi connectivity index (χ0n) is 11.7. The number of rotatable bonds is 3. The first kappa shape index (κ1) is 13.6. The topological polar surface area (TPSA) is 51.2 Å². The van der Waals surface area contributed by atoms with Crippen molar-refractivity contribution in [1.29, 1.82) is 0 Å². The van der Waals surface area contributed by atoms with E-state index in [1.807, 2.05) is 43.3 Å². The van der Waals surface area contributed by atoms with E-state index in [1.54, 1.807) is 13.2 Å². The van der Waals surface area contributed by atoms with Gasteiger partial charge in [-0.3, -0.25) is 10.1 Å². The van der Waals surface area contributed by atoms with Gasteiger partial charge in [0.05, 0.1) is 22.9 Å². The summed E-state index contributed by atoms with van der Waals surface area (Å²) in [5, 5.41) is 3.43. The number of carbonyl (C=O) groups is 1. The average Bonchev–Trinajstić information content (AvgIpc) is 2.89. The van der Waals surface area contributed by atoms with Crippen molar-refractivity contribution < 1.29 is 9.53 Å². The molecule has 1 heterocycles. The third-order valence-electron chi connectivity index (χ3n) is 3.17. The quantitative estimate of drug-likeness (QED) is 0.798. The molecule has 0 aliphatic carbocycles. The summed E-state index contributed by atoms with van der Waals surface area (Å²) in [5.74, 6) is 0.380. The fourth-order valence-corrected chi connectivity index (χ4v) is 3.05. The molecule has 0 bridgehead atoms. The SMILES string of the molecule is COc1c(C)cccc1C(=O)Nc1nc2ccccc2s1. The summed E-state index contributed by atoms with van der Waals surface area (Å²) in [6.07, 6.45) is 0. The molecule has 21 heavy (non-hydrogen) atoms. The van der Waals surface area contributed by atoms with Crippen LogP contribution in [0.3, 0.4) is 0 Å². The number of aryl methyl sites for hydroxylation is 1. The van der Waals surface area contributed by atoms with Crippen LogP contribution in [-0.2, 0) is 0 Å². The second kappa shape index (κ2) is 5.54. The maximum atomic E-state index is 12.4. The van der Waals surface area contributed by atoms with Crippen molar-refractivity contribution in [3.63, 3.8) is 0 Å². The minimum Gasteiger partial charge on any atom is -0.496 e. The Kier molecular flexibility index (Phi) is 3.58. The number of hydrogen-bond acceptors (Lipinski definition) is 4. The molecule has 3 aromatic rings. The van der Waals surface area contributed by atoms with Crippen LogP contribution in [0.2, 0.25) is 0 Å². The molecule has 0 atom stereocenters. The summed E-state index contributed by atoms with van der Waals surface area (Å²) in [4.78, 5) is 16.8. The molecule has 3 rings (SSSR count). The van der Waals surface area contributed by atoms with Crippen molar-refractivity contribution in [2.24, 2.45) is 0 Å². The first-order chi connectivity index (χ1) is 10.2. The molecule has 0 saturated carbocycles. The molecule has 2 aromatic carbocycles. The minimum absolute atomic E-state index is 0.213. The van der Waals surface area contributed by atoms with E-state index in [0.717, 1.165) is 15.8 Å². The summed E-state index contributed by atoms with van der Waals surface area (Å²) in [6.45, 7) is 1.91. The number of amides is 1. The Labute approximate surface area is 126 Å². The normalized spacial score (nSPS) is 10.6. The Morgan fingerprint density at radius 3 is 2.76 bits per heavy atom. The molecule has 0 radical (unpaired) electrons. The minimum atomic E-state index is -0.213. The van der Waals surface area contributed by atoms with E-state index in [9.17, 15) is 4.79 Å². The number of hydrogen-bond donors (Lipinski definition) is 1. The highest BCUT2D eigenvalue weighted by Crippen LogP contribution is 2.28. The van der Waals surface area contributed by atoms with Gasteiger partial charge in [0.15, 0.2) is 5.13 Å². The number of methoxy groups -OCH3 is 1. The van der Waals surface area contributed by atoms with Crippen LogP contribution in [-0.4, -0.2) is 18.0 Å². The lowest BCUT2D eigenvalue weighted by Gasteiger charge is -2.10. The van der Waals surface area contributed by atoms with Gasteiger partial charge in [0, 0.05) is 0 Å². The van der Waals surface area contributed by atoms with Crippen LogP contribution >= 0.6 is 11.3 Å². The summed E-state index contributed by atoms with van der Waals surface area (Å²) in [7, 11) is 1.57. The maximum Gasteiger partial charge on any atom is 0.261 e. The van der Waals surface area contributed by atoms with Gasteiger partial charge in [-0.2, -0.15) is 0 Å². The number of carbonyl (C=O) groups excluding carboxylic acids is 1.